The number of fused-ring (bicyclic) bond motifs is 1. The Morgan fingerprint density at radius 2 is 1.75 bits per heavy atom. The molecule has 2 aliphatic heterocycles. The van der Waals surface area contributed by atoms with Crippen LogP contribution in [0.2, 0.25) is 0 Å². The molecule has 2 aromatic carbocycles. The Labute approximate surface area is 167 Å². The van der Waals surface area contributed by atoms with Crippen LogP contribution in [-0.2, 0) is 10.3 Å². The van der Waals surface area contributed by atoms with Gasteiger partial charge in [0.15, 0.2) is 11.5 Å². The molecule has 0 radical (unpaired) electrons. The second-order valence-electron chi connectivity index (χ2n) is 7.48. The maximum absolute atomic E-state index is 6.18. The first-order valence-electron chi connectivity index (χ1n) is 10.0. The number of hydrogen-bond acceptors (Lipinski definition) is 4. The molecule has 0 aliphatic carbocycles. The third-order valence-corrected chi connectivity index (χ3v) is 5.73. The van der Waals surface area contributed by atoms with Gasteiger partial charge in [-0.15, -0.1) is 6.42 Å². The lowest BCUT2D eigenvalue weighted by Crippen LogP contribution is -2.45. The maximum Gasteiger partial charge on any atom is 0.161 e. The Hall–Kier alpha value is -2.48. The average molecular weight is 377 g/mol. The van der Waals surface area contributed by atoms with E-state index in [2.05, 4.69) is 35.1 Å². The number of likely N-dealkylation sites (tertiary alicyclic amines) is 1. The molecular formula is C24H27NO3. The number of benzene rings is 2. The highest BCUT2D eigenvalue weighted by Gasteiger charge is 2.37. The Kier molecular flexibility index (Phi) is 5.85. The van der Waals surface area contributed by atoms with Crippen LogP contribution < -0.4 is 9.47 Å². The van der Waals surface area contributed by atoms with Crippen molar-refractivity contribution in [2.24, 2.45) is 0 Å². The van der Waals surface area contributed by atoms with E-state index in [1.165, 1.54) is 5.56 Å². The van der Waals surface area contributed by atoms with E-state index in [0.29, 0.717) is 13.2 Å². The molecule has 0 amide bonds. The van der Waals surface area contributed by atoms with E-state index < -0.39 is 0 Å². The van der Waals surface area contributed by atoms with Gasteiger partial charge in [0.25, 0.3) is 0 Å². The van der Waals surface area contributed by atoms with Crippen molar-refractivity contribution in [3.63, 3.8) is 0 Å². The monoisotopic (exact) mass is 377 g/mol. The third-order valence-electron chi connectivity index (χ3n) is 5.73. The topological polar surface area (TPSA) is 30.9 Å². The summed E-state index contributed by atoms with van der Waals surface area (Å²) in [5, 5.41) is 0. The fourth-order valence-corrected chi connectivity index (χ4v) is 4.11. The Morgan fingerprint density at radius 1 is 1.04 bits per heavy atom. The molecule has 0 aromatic heterocycles. The summed E-state index contributed by atoms with van der Waals surface area (Å²) in [6.07, 6.45) is 8.42. The van der Waals surface area contributed by atoms with Crippen LogP contribution in [0.5, 0.6) is 11.5 Å². The van der Waals surface area contributed by atoms with Gasteiger partial charge in [-0.1, -0.05) is 48.4 Å². The molecule has 1 saturated heterocycles. The van der Waals surface area contributed by atoms with E-state index in [1.807, 2.05) is 30.3 Å². The Morgan fingerprint density at radius 3 is 2.50 bits per heavy atom. The zero-order valence-electron chi connectivity index (χ0n) is 16.2. The van der Waals surface area contributed by atoms with Crippen molar-refractivity contribution >= 4 is 0 Å². The minimum atomic E-state index is -0.270. The van der Waals surface area contributed by atoms with Crippen LogP contribution in [0.1, 0.15) is 24.8 Å². The molecule has 0 N–H and O–H groups in total. The number of ether oxygens (including phenoxy) is 3. The highest BCUT2D eigenvalue weighted by Crippen LogP contribution is 2.37. The highest BCUT2D eigenvalue weighted by molar-refractivity contribution is 5.40. The van der Waals surface area contributed by atoms with Crippen molar-refractivity contribution in [1.82, 2.24) is 4.90 Å². The summed E-state index contributed by atoms with van der Waals surface area (Å²) in [5.74, 6) is 4.32. The summed E-state index contributed by atoms with van der Waals surface area (Å²) in [4.78, 5) is 2.49. The van der Waals surface area contributed by atoms with Crippen LogP contribution in [-0.4, -0.2) is 43.9 Å². The van der Waals surface area contributed by atoms with Crippen LogP contribution >= 0.6 is 0 Å². The lowest BCUT2D eigenvalue weighted by Gasteiger charge is -2.42. The second kappa shape index (κ2) is 8.68. The van der Waals surface area contributed by atoms with Crippen molar-refractivity contribution < 1.29 is 14.2 Å². The summed E-state index contributed by atoms with van der Waals surface area (Å²) in [5.41, 5.74) is 0.957. The van der Waals surface area contributed by atoms with Gasteiger partial charge in [-0.25, -0.2) is 0 Å². The molecule has 0 saturated carbocycles. The molecule has 4 rings (SSSR count). The summed E-state index contributed by atoms with van der Waals surface area (Å²) >= 11 is 0. The van der Waals surface area contributed by atoms with Gasteiger partial charge in [0.05, 0.1) is 5.60 Å². The molecule has 4 heteroatoms. The van der Waals surface area contributed by atoms with Gasteiger partial charge < -0.3 is 19.1 Å². The SMILES string of the molecule is C#CCOC1(c2ccccc2)CCN(CCC2COc3ccccc3O2)CC1. The summed E-state index contributed by atoms with van der Waals surface area (Å²) in [6, 6.07) is 18.4. The minimum absolute atomic E-state index is 0.105. The Balaban J connectivity index is 1.32. The van der Waals surface area contributed by atoms with Gasteiger partial charge in [-0.3, -0.25) is 0 Å². The molecule has 146 valence electrons. The van der Waals surface area contributed by atoms with E-state index in [-0.39, 0.29) is 11.7 Å². The number of hydrogen-bond donors (Lipinski definition) is 0. The van der Waals surface area contributed by atoms with Crippen molar-refractivity contribution in [2.75, 3.05) is 32.8 Å². The van der Waals surface area contributed by atoms with Gasteiger partial charge >= 0.3 is 0 Å². The predicted molar refractivity (Wildman–Crippen MR) is 110 cm³/mol. The minimum Gasteiger partial charge on any atom is -0.486 e. The first-order valence-corrected chi connectivity index (χ1v) is 10.0. The predicted octanol–water partition coefficient (Wildman–Crippen LogP) is 3.86. The van der Waals surface area contributed by atoms with E-state index in [9.17, 15) is 0 Å². The number of nitrogens with zero attached hydrogens (tertiary/aromatic N) is 1. The average Bonchev–Trinajstić information content (AvgIpc) is 2.77. The molecular weight excluding hydrogens is 350 g/mol. The van der Waals surface area contributed by atoms with Gasteiger partial charge in [-0.05, 0) is 30.5 Å². The van der Waals surface area contributed by atoms with Crippen LogP contribution in [0, 0.1) is 12.3 Å². The largest absolute Gasteiger partial charge is 0.486 e. The molecule has 1 atom stereocenters. The normalized spacial score (nSPS) is 21.0. The Bertz CT molecular complexity index is 806. The van der Waals surface area contributed by atoms with Crippen molar-refractivity contribution in [1.29, 1.82) is 0 Å². The molecule has 2 heterocycles. The first kappa shape index (κ1) is 18.9. The molecule has 4 nitrogen and oxygen atoms in total. The van der Waals surface area contributed by atoms with Crippen LogP contribution in [0.15, 0.2) is 54.6 Å². The molecule has 2 aromatic rings. The van der Waals surface area contributed by atoms with Crippen molar-refractivity contribution in [3.05, 3.63) is 60.2 Å². The number of rotatable bonds is 6. The maximum atomic E-state index is 6.18. The van der Waals surface area contributed by atoms with E-state index in [0.717, 1.165) is 50.4 Å². The number of terminal acetylenes is 1. The van der Waals surface area contributed by atoms with Crippen LogP contribution in [0.3, 0.4) is 0 Å². The summed E-state index contributed by atoms with van der Waals surface area (Å²) < 4.78 is 18.1. The molecule has 1 fully saturated rings. The van der Waals surface area contributed by atoms with E-state index >= 15 is 0 Å². The van der Waals surface area contributed by atoms with Gasteiger partial charge in [-0.2, -0.15) is 0 Å². The second-order valence-corrected chi connectivity index (χ2v) is 7.48. The summed E-state index contributed by atoms with van der Waals surface area (Å²) in [6.45, 7) is 3.94. The van der Waals surface area contributed by atoms with Crippen molar-refractivity contribution in [3.8, 4) is 23.8 Å². The molecule has 1 unspecified atom stereocenters. The molecule has 0 spiro atoms. The van der Waals surface area contributed by atoms with Gasteiger partial charge in [0.2, 0.25) is 0 Å². The lowest BCUT2D eigenvalue weighted by molar-refractivity contribution is -0.0778. The molecule has 2 aliphatic rings. The van der Waals surface area contributed by atoms with Gasteiger partial charge in [0, 0.05) is 26.1 Å². The molecule has 0 bridgehead atoms. The lowest BCUT2D eigenvalue weighted by atomic mass is 9.84. The fraction of sp³-hybridized carbons (Fsp3) is 0.417. The number of para-hydroxylation sites is 2. The zero-order chi connectivity index (χ0) is 19.2. The summed E-state index contributed by atoms with van der Waals surface area (Å²) in [7, 11) is 0. The highest BCUT2D eigenvalue weighted by atomic mass is 16.6. The van der Waals surface area contributed by atoms with E-state index in [4.69, 9.17) is 20.6 Å². The fourth-order valence-electron chi connectivity index (χ4n) is 4.11. The van der Waals surface area contributed by atoms with Crippen LogP contribution in [0.4, 0.5) is 0 Å². The van der Waals surface area contributed by atoms with Crippen LogP contribution in [0.25, 0.3) is 0 Å². The smallest absolute Gasteiger partial charge is 0.161 e. The quantitative estimate of drug-likeness (QED) is 0.716. The van der Waals surface area contributed by atoms with Crippen molar-refractivity contribution in [2.45, 2.75) is 31.0 Å². The first-order chi connectivity index (χ1) is 13.8. The molecule has 28 heavy (non-hydrogen) atoms. The standard InChI is InChI=1S/C24H27NO3/c1-2-18-27-24(20-8-4-3-5-9-20)13-16-25(17-14-24)15-12-21-19-26-22-10-6-7-11-23(22)28-21/h1,3-11,21H,12-19H2. The zero-order valence-corrected chi connectivity index (χ0v) is 16.2. The third kappa shape index (κ3) is 4.16. The van der Waals surface area contributed by atoms with Gasteiger partial charge in [0.1, 0.15) is 19.3 Å². The number of piperidine rings is 1. The van der Waals surface area contributed by atoms with E-state index in [1.54, 1.807) is 0 Å².